The Morgan fingerprint density at radius 3 is 2.37 bits per heavy atom. The van der Waals surface area contributed by atoms with E-state index in [2.05, 4.69) is 40.4 Å². The second-order valence-electron chi connectivity index (χ2n) is 6.94. The van der Waals surface area contributed by atoms with Crippen molar-refractivity contribution in [2.24, 2.45) is 9.39 Å². The van der Waals surface area contributed by atoms with E-state index in [-0.39, 0.29) is 0 Å². The molecule has 2 aromatic rings. The number of aryl methyl sites for hydroxylation is 1. The van der Waals surface area contributed by atoms with Gasteiger partial charge in [-0.1, -0.05) is 61.2 Å². The predicted octanol–water partition coefficient (Wildman–Crippen LogP) is 5.90. The fourth-order valence-corrected chi connectivity index (χ4v) is 5.27. The smallest absolute Gasteiger partial charge is 0.166 e. The Morgan fingerprint density at radius 1 is 1.07 bits per heavy atom. The van der Waals surface area contributed by atoms with Crippen molar-refractivity contribution in [3.05, 3.63) is 65.2 Å². The Hall–Kier alpha value is -1.72. The van der Waals surface area contributed by atoms with Crippen molar-refractivity contribution in [2.75, 3.05) is 5.08 Å². The molecule has 0 bridgehead atoms. The molecule has 0 N–H and O–H groups in total. The summed E-state index contributed by atoms with van der Waals surface area (Å²) < 4.78 is 16.8. The molecule has 142 valence electrons. The van der Waals surface area contributed by atoms with Crippen LogP contribution in [0.1, 0.15) is 54.7 Å². The number of aliphatic imine (C=N–C) groups is 1. The zero-order valence-corrected chi connectivity index (χ0v) is 17.4. The van der Waals surface area contributed by atoms with Gasteiger partial charge in [-0.25, -0.2) is 4.99 Å². The highest BCUT2D eigenvalue weighted by molar-refractivity contribution is 8.09. The molecule has 27 heavy (non-hydrogen) atoms. The number of hydrogen-bond acceptors (Lipinski definition) is 3. The van der Waals surface area contributed by atoms with E-state index in [0.717, 1.165) is 16.0 Å². The Morgan fingerprint density at radius 2 is 1.74 bits per heavy atom. The van der Waals surface area contributed by atoms with Crippen molar-refractivity contribution in [2.45, 2.75) is 49.8 Å². The van der Waals surface area contributed by atoms with Gasteiger partial charge in [0.1, 0.15) is 0 Å². The molecule has 3 nitrogen and oxygen atoms in total. The number of amidine groups is 1. The van der Waals surface area contributed by atoms with Crippen LogP contribution in [0.3, 0.4) is 0 Å². The fraction of sp³-hybridized carbons (Fsp3) is 0.364. The molecule has 0 aromatic heterocycles. The first-order valence-electron chi connectivity index (χ1n) is 9.39. The van der Waals surface area contributed by atoms with Crippen LogP contribution in [-0.4, -0.2) is 21.8 Å². The van der Waals surface area contributed by atoms with Crippen LogP contribution >= 0.6 is 11.9 Å². The van der Waals surface area contributed by atoms with Crippen molar-refractivity contribution in [1.29, 1.82) is 0 Å². The molecule has 0 aliphatic heterocycles. The monoisotopic (exact) mass is 398 g/mol. The second-order valence-corrected chi connectivity index (χ2v) is 9.48. The first-order chi connectivity index (χ1) is 13.2. The molecule has 2 aromatic carbocycles. The van der Waals surface area contributed by atoms with Gasteiger partial charge in [0.05, 0.1) is 15.9 Å². The summed E-state index contributed by atoms with van der Waals surface area (Å²) in [4.78, 5) is 4.89. The van der Waals surface area contributed by atoms with E-state index in [4.69, 9.17) is 0 Å². The number of nitrogens with zero attached hydrogens (tertiary/aromatic N) is 2. The molecule has 0 heterocycles. The molecule has 1 saturated carbocycles. The number of rotatable bonds is 6. The zero-order valence-electron chi connectivity index (χ0n) is 15.8. The first-order valence-corrected chi connectivity index (χ1v) is 11.7. The van der Waals surface area contributed by atoms with Crippen LogP contribution in [-0.2, 0) is 10.8 Å². The van der Waals surface area contributed by atoms with Gasteiger partial charge >= 0.3 is 0 Å². The molecule has 1 atom stereocenters. The van der Waals surface area contributed by atoms with Crippen LogP contribution in [0.5, 0.6) is 0 Å². The minimum atomic E-state index is -1.08. The SMILES string of the molecule is C=N/C(=N\SCS(=O)c1ccc(C)cc1)c1ccc(C2CCCCC2)cc1. The quantitative estimate of drug-likeness (QED) is 0.345. The van der Waals surface area contributed by atoms with E-state index in [1.165, 1.54) is 49.6 Å². The third-order valence-electron chi connectivity index (χ3n) is 4.99. The van der Waals surface area contributed by atoms with E-state index in [1.807, 2.05) is 31.2 Å². The average molecular weight is 399 g/mol. The summed E-state index contributed by atoms with van der Waals surface area (Å²) in [5.74, 6) is 1.28. The van der Waals surface area contributed by atoms with Gasteiger partial charge in [0.25, 0.3) is 0 Å². The zero-order chi connectivity index (χ0) is 19.1. The van der Waals surface area contributed by atoms with Crippen molar-refractivity contribution in [1.82, 2.24) is 0 Å². The number of hydrogen-bond donors (Lipinski definition) is 0. The van der Waals surface area contributed by atoms with Gasteiger partial charge in [0.15, 0.2) is 5.84 Å². The third kappa shape index (κ3) is 5.63. The Bertz CT molecular complexity index is 807. The van der Waals surface area contributed by atoms with Crippen LogP contribution in [0.2, 0.25) is 0 Å². The summed E-state index contributed by atoms with van der Waals surface area (Å²) >= 11 is 1.27. The van der Waals surface area contributed by atoms with E-state index >= 15 is 0 Å². The van der Waals surface area contributed by atoms with Crippen molar-refractivity contribution < 1.29 is 4.21 Å². The lowest BCUT2D eigenvalue weighted by Crippen LogP contribution is -2.05. The largest absolute Gasteiger partial charge is 0.253 e. The maximum absolute atomic E-state index is 12.4. The van der Waals surface area contributed by atoms with Gasteiger partial charge in [-0.2, -0.15) is 4.40 Å². The maximum atomic E-state index is 12.4. The number of benzene rings is 2. The second kappa shape index (κ2) is 10.00. The standard InChI is InChI=1S/C22H26N2OS2/c1-17-8-14-21(15-9-17)27(25)16-26-24-22(23-2)20-12-10-19(11-13-20)18-6-4-3-5-7-18/h8-15,18H,2-7,16H2,1H3/b24-22-. The van der Waals surface area contributed by atoms with Gasteiger partial charge in [0, 0.05) is 10.5 Å². The van der Waals surface area contributed by atoms with Crippen LogP contribution in [0.4, 0.5) is 0 Å². The Kier molecular flexibility index (Phi) is 7.41. The molecular formula is C22H26N2OS2. The van der Waals surface area contributed by atoms with E-state index in [0.29, 0.717) is 16.8 Å². The predicted molar refractivity (Wildman–Crippen MR) is 118 cm³/mol. The molecule has 0 saturated heterocycles. The lowest BCUT2D eigenvalue weighted by Gasteiger charge is -2.22. The fourth-order valence-electron chi connectivity index (χ4n) is 3.41. The van der Waals surface area contributed by atoms with Crippen LogP contribution in [0.25, 0.3) is 0 Å². The van der Waals surface area contributed by atoms with Crippen LogP contribution in [0.15, 0.2) is 62.8 Å². The minimum absolute atomic E-state index is 0.405. The molecule has 1 aliphatic carbocycles. The molecule has 3 rings (SSSR count). The highest BCUT2D eigenvalue weighted by atomic mass is 32.2. The van der Waals surface area contributed by atoms with Crippen molar-refractivity contribution >= 4 is 35.3 Å². The van der Waals surface area contributed by atoms with Crippen molar-refractivity contribution in [3.8, 4) is 0 Å². The van der Waals surface area contributed by atoms with E-state index in [1.54, 1.807) is 0 Å². The molecule has 1 unspecified atom stereocenters. The van der Waals surface area contributed by atoms with Gasteiger partial charge in [0.2, 0.25) is 0 Å². The third-order valence-corrected chi connectivity index (χ3v) is 7.37. The topological polar surface area (TPSA) is 41.8 Å². The molecular weight excluding hydrogens is 372 g/mol. The summed E-state index contributed by atoms with van der Waals surface area (Å²) in [7, 11) is -1.08. The van der Waals surface area contributed by atoms with Gasteiger partial charge < -0.3 is 0 Å². The molecule has 0 radical (unpaired) electrons. The Labute approximate surface area is 169 Å². The summed E-state index contributed by atoms with van der Waals surface area (Å²) in [6.45, 7) is 5.67. The average Bonchev–Trinajstić information content (AvgIpc) is 2.72. The minimum Gasteiger partial charge on any atom is -0.253 e. The van der Waals surface area contributed by atoms with Gasteiger partial charge in [-0.05, 0) is 62.0 Å². The highest BCUT2D eigenvalue weighted by Crippen LogP contribution is 2.32. The lowest BCUT2D eigenvalue weighted by molar-refractivity contribution is 0.443. The Balaban J connectivity index is 1.61. The summed E-state index contributed by atoms with van der Waals surface area (Å²) in [6.07, 6.45) is 6.62. The van der Waals surface area contributed by atoms with Gasteiger partial charge in [-0.3, -0.25) is 4.21 Å². The molecule has 0 amide bonds. The van der Waals surface area contributed by atoms with Crippen molar-refractivity contribution in [3.63, 3.8) is 0 Å². The molecule has 5 heteroatoms. The molecule has 1 fully saturated rings. The van der Waals surface area contributed by atoms with Gasteiger partial charge in [-0.15, -0.1) is 0 Å². The molecule has 1 aliphatic rings. The normalized spacial score (nSPS) is 16.9. The first kappa shape index (κ1) is 20.0. The van der Waals surface area contributed by atoms with Crippen LogP contribution in [0, 0.1) is 6.92 Å². The lowest BCUT2D eigenvalue weighted by atomic mass is 9.84. The summed E-state index contributed by atoms with van der Waals surface area (Å²) in [6, 6.07) is 16.3. The highest BCUT2D eigenvalue weighted by Gasteiger charge is 2.15. The summed E-state index contributed by atoms with van der Waals surface area (Å²) in [5.41, 5.74) is 3.53. The summed E-state index contributed by atoms with van der Waals surface area (Å²) in [5, 5.41) is 0.405. The maximum Gasteiger partial charge on any atom is 0.166 e. The van der Waals surface area contributed by atoms with Crippen LogP contribution < -0.4 is 0 Å². The van der Waals surface area contributed by atoms with E-state index < -0.39 is 10.8 Å². The molecule has 0 spiro atoms. The van der Waals surface area contributed by atoms with E-state index in [9.17, 15) is 4.21 Å².